The molecule has 1 aromatic heterocycles. The second-order valence-corrected chi connectivity index (χ2v) is 5.48. The van der Waals surface area contributed by atoms with E-state index < -0.39 is 10.0 Å². The molecule has 15 heavy (non-hydrogen) atoms. The zero-order valence-corrected chi connectivity index (χ0v) is 9.52. The Morgan fingerprint density at radius 2 is 2.20 bits per heavy atom. The van der Waals surface area contributed by atoms with Crippen LogP contribution in [-0.2, 0) is 10.0 Å². The molecule has 0 bridgehead atoms. The molecule has 2 aromatic rings. The molecule has 2 rings (SSSR count). The van der Waals surface area contributed by atoms with Crippen molar-refractivity contribution in [1.82, 2.24) is 4.98 Å². The Bertz CT molecular complexity index is 603. The van der Waals surface area contributed by atoms with E-state index in [1.54, 1.807) is 13.1 Å². The van der Waals surface area contributed by atoms with E-state index in [0.29, 0.717) is 10.6 Å². The topological polar surface area (TPSA) is 85.1 Å². The molecule has 0 spiro atoms. The van der Waals surface area contributed by atoms with Crippen LogP contribution in [0.3, 0.4) is 0 Å². The third-order valence-corrected chi connectivity index (χ3v) is 3.88. The van der Waals surface area contributed by atoms with Crippen LogP contribution in [0.5, 0.6) is 0 Å². The van der Waals surface area contributed by atoms with Crippen LogP contribution >= 0.6 is 11.3 Å². The summed E-state index contributed by atoms with van der Waals surface area (Å²) in [6.07, 6.45) is 0. The predicted octanol–water partition coefficient (Wildman–Crippen LogP) is 0.985. The maximum Gasteiger partial charge on any atom is 0.240 e. The van der Waals surface area contributed by atoms with Gasteiger partial charge in [0, 0.05) is 7.05 Å². The van der Waals surface area contributed by atoms with E-state index in [0.717, 1.165) is 4.70 Å². The summed E-state index contributed by atoms with van der Waals surface area (Å²) in [6.45, 7) is 0. The first-order valence-electron chi connectivity index (χ1n) is 4.12. The van der Waals surface area contributed by atoms with Crippen LogP contribution in [0.1, 0.15) is 0 Å². The van der Waals surface area contributed by atoms with Gasteiger partial charge in [-0.1, -0.05) is 17.4 Å². The number of thiazole rings is 1. The minimum atomic E-state index is -3.71. The van der Waals surface area contributed by atoms with Crippen LogP contribution in [0.2, 0.25) is 0 Å². The van der Waals surface area contributed by atoms with Crippen LogP contribution in [0, 0.1) is 0 Å². The summed E-state index contributed by atoms with van der Waals surface area (Å²) in [5, 5.41) is 8.62. The Labute approximate surface area is 91.0 Å². The molecule has 1 heterocycles. The summed E-state index contributed by atoms with van der Waals surface area (Å²) in [4.78, 5) is 4.21. The minimum absolute atomic E-state index is 0.0674. The van der Waals surface area contributed by atoms with Gasteiger partial charge in [0.25, 0.3) is 0 Å². The number of anilines is 1. The lowest BCUT2D eigenvalue weighted by Crippen LogP contribution is -2.12. The van der Waals surface area contributed by atoms with Crippen LogP contribution in [0.25, 0.3) is 10.2 Å². The maximum atomic E-state index is 11.3. The number of nitrogens with two attached hydrogens (primary N) is 1. The van der Waals surface area contributed by atoms with Gasteiger partial charge < -0.3 is 5.32 Å². The van der Waals surface area contributed by atoms with Crippen molar-refractivity contribution in [3.8, 4) is 0 Å². The Kier molecular flexibility index (Phi) is 2.37. The first-order valence-corrected chi connectivity index (χ1v) is 6.49. The number of aromatic nitrogens is 1. The van der Waals surface area contributed by atoms with Crippen molar-refractivity contribution in [2.24, 2.45) is 5.14 Å². The fourth-order valence-electron chi connectivity index (χ4n) is 1.26. The van der Waals surface area contributed by atoms with Gasteiger partial charge in [0.15, 0.2) is 5.13 Å². The van der Waals surface area contributed by atoms with E-state index in [9.17, 15) is 8.42 Å². The number of hydrogen-bond acceptors (Lipinski definition) is 5. The zero-order valence-electron chi connectivity index (χ0n) is 7.89. The van der Waals surface area contributed by atoms with E-state index in [1.807, 2.05) is 6.07 Å². The monoisotopic (exact) mass is 243 g/mol. The van der Waals surface area contributed by atoms with Crippen molar-refractivity contribution in [3.63, 3.8) is 0 Å². The third-order valence-electron chi connectivity index (χ3n) is 1.90. The Morgan fingerprint density at radius 3 is 2.80 bits per heavy atom. The van der Waals surface area contributed by atoms with E-state index in [4.69, 9.17) is 5.14 Å². The van der Waals surface area contributed by atoms with Crippen molar-refractivity contribution in [2.45, 2.75) is 4.90 Å². The number of fused-ring (bicyclic) bond motifs is 1. The summed E-state index contributed by atoms with van der Waals surface area (Å²) in [5.41, 5.74) is 0.425. The quantitative estimate of drug-likeness (QED) is 0.823. The average Bonchev–Trinajstić information content (AvgIpc) is 2.57. The van der Waals surface area contributed by atoms with E-state index in [-0.39, 0.29) is 4.90 Å². The molecule has 0 aliphatic heterocycles. The van der Waals surface area contributed by atoms with E-state index in [1.165, 1.54) is 17.4 Å². The summed E-state index contributed by atoms with van der Waals surface area (Å²) in [6, 6.07) is 4.92. The number of hydrogen-bond donors (Lipinski definition) is 2. The average molecular weight is 243 g/mol. The number of sulfonamides is 1. The van der Waals surface area contributed by atoms with E-state index >= 15 is 0 Å². The zero-order chi connectivity index (χ0) is 11.1. The molecule has 1 aromatic carbocycles. The fourth-order valence-corrected chi connectivity index (χ4v) is 2.86. The van der Waals surface area contributed by atoms with Crippen molar-refractivity contribution < 1.29 is 8.42 Å². The lowest BCUT2D eigenvalue weighted by Gasteiger charge is -1.97. The van der Waals surface area contributed by atoms with Gasteiger partial charge in [-0.05, 0) is 12.1 Å². The molecular weight excluding hydrogens is 234 g/mol. The summed E-state index contributed by atoms with van der Waals surface area (Å²) in [5.74, 6) is 0. The highest BCUT2D eigenvalue weighted by molar-refractivity contribution is 7.89. The molecular formula is C8H9N3O2S2. The molecule has 0 unspecified atom stereocenters. The third kappa shape index (κ3) is 1.81. The predicted molar refractivity (Wildman–Crippen MR) is 60.5 cm³/mol. The standard InChI is InChI=1S/C8H9N3O2S2/c1-10-8-11-7-5(14-8)3-2-4-6(7)15(9,12)13/h2-4H,1H3,(H,10,11)(H2,9,12,13). The van der Waals surface area contributed by atoms with Gasteiger partial charge in [0.2, 0.25) is 10.0 Å². The lowest BCUT2D eigenvalue weighted by atomic mass is 10.3. The van der Waals surface area contributed by atoms with Crippen LogP contribution < -0.4 is 10.5 Å². The highest BCUT2D eigenvalue weighted by Crippen LogP contribution is 2.29. The molecule has 3 N–H and O–H groups in total. The minimum Gasteiger partial charge on any atom is -0.365 e. The summed E-state index contributed by atoms with van der Waals surface area (Å²) < 4.78 is 23.3. The molecule has 0 saturated carbocycles. The van der Waals surface area contributed by atoms with Gasteiger partial charge >= 0.3 is 0 Å². The van der Waals surface area contributed by atoms with Gasteiger partial charge in [0.1, 0.15) is 10.4 Å². The highest BCUT2D eigenvalue weighted by atomic mass is 32.2. The number of primary sulfonamides is 1. The molecule has 0 atom stereocenters. The maximum absolute atomic E-state index is 11.3. The molecule has 0 aliphatic rings. The smallest absolute Gasteiger partial charge is 0.240 e. The second kappa shape index (κ2) is 3.44. The van der Waals surface area contributed by atoms with Crippen molar-refractivity contribution in [3.05, 3.63) is 18.2 Å². The Balaban J connectivity index is 2.81. The largest absolute Gasteiger partial charge is 0.365 e. The van der Waals surface area contributed by atoms with Crippen molar-refractivity contribution in [2.75, 3.05) is 12.4 Å². The van der Waals surface area contributed by atoms with Gasteiger partial charge in [0.05, 0.1) is 4.70 Å². The molecule has 0 radical (unpaired) electrons. The van der Waals surface area contributed by atoms with Gasteiger partial charge in [-0.3, -0.25) is 0 Å². The molecule has 7 heteroatoms. The number of para-hydroxylation sites is 1. The Morgan fingerprint density at radius 1 is 1.47 bits per heavy atom. The first kappa shape index (κ1) is 10.3. The number of nitrogens with zero attached hydrogens (tertiary/aromatic N) is 1. The first-order chi connectivity index (χ1) is 7.02. The lowest BCUT2D eigenvalue weighted by molar-refractivity contribution is 0.598. The van der Waals surface area contributed by atoms with Crippen LogP contribution in [0.4, 0.5) is 5.13 Å². The molecule has 80 valence electrons. The molecule has 0 saturated heterocycles. The Hall–Kier alpha value is -1.18. The summed E-state index contributed by atoms with van der Waals surface area (Å²) >= 11 is 1.39. The van der Waals surface area contributed by atoms with E-state index in [2.05, 4.69) is 10.3 Å². The van der Waals surface area contributed by atoms with Crippen molar-refractivity contribution >= 4 is 36.7 Å². The highest BCUT2D eigenvalue weighted by Gasteiger charge is 2.15. The fraction of sp³-hybridized carbons (Fsp3) is 0.125. The number of nitrogens with one attached hydrogen (secondary N) is 1. The second-order valence-electron chi connectivity index (χ2n) is 2.92. The normalized spacial score (nSPS) is 11.9. The molecule has 0 aliphatic carbocycles. The molecule has 0 fully saturated rings. The molecule has 5 nitrogen and oxygen atoms in total. The van der Waals surface area contributed by atoms with Crippen LogP contribution in [-0.4, -0.2) is 20.4 Å². The van der Waals surface area contributed by atoms with Gasteiger partial charge in [-0.25, -0.2) is 18.5 Å². The number of benzene rings is 1. The van der Waals surface area contributed by atoms with Gasteiger partial charge in [-0.2, -0.15) is 0 Å². The molecule has 0 amide bonds. The SMILES string of the molecule is CNc1nc2c(S(N)(=O)=O)cccc2s1. The number of rotatable bonds is 2. The van der Waals surface area contributed by atoms with Crippen molar-refractivity contribution in [1.29, 1.82) is 0 Å². The summed E-state index contributed by atoms with van der Waals surface area (Å²) in [7, 11) is -1.98. The van der Waals surface area contributed by atoms with Gasteiger partial charge in [-0.15, -0.1) is 0 Å². The van der Waals surface area contributed by atoms with Crippen LogP contribution in [0.15, 0.2) is 23.1 Å².